The van der Waals surface area contributed by atoms with Crippen LogP contribution in [-0.4, -0.2) is 16.1 Å². The van der Waals surface area contributed by atoms with E-state index in [0.717, 1.165) is 13.0 Å². The maximum atomic E-state index is 5.77. The van der Waals surface area contributed by atoms with Crippen LogP contribution in [0.3, 0.4) is 0 Å². The molecule has 0 radical (unpaired) electrons. The second-order valence-electron chi connectivity index (χ2n) is 5.48. The first-order valence-electron chi connectivity index (χ1n) is 6.93. The van der Waals surface area contributed by atoms with Gasteiger partial charge in [0, 0.05) is 23.5 Å². The van der Waals surface area contributed by atoms with Gasteiger partial charge in [-0.25, -0.2) is 0 Å². The first kappa shape index (κ1) is 11.7. The molecule has 3 heteroatoms. The van der Waals surface area contributed by atoms with Gasteiger partial charge in [-0.15, -0.1) is 0 Å². The molecule has 0 amide bonds. The van der Waals surface area contributed by atoms with Crippen molar-refractivity contribution in [1.82, 2.24) is 9.55 Å². The Morgan fingerprint density at radius 2 is 2.22 bits per heavy atom. The van der Waals surface area contributed by atoms with Crippen LogP contribution < -0.4 is 5.73 Å². The molecule has 0 atom stereocenters. The second-order valence-corrected chi connectivity index (χ2v) is 5.48. The molecule has 96 valence electrons. The van der Waals surface area contributed by atoms with Gasteiger partial charge in [0.15, 0.2) is 0 Å². The predicted molar refractivity (Wildman–Crippen MR) is 74.9 cm³/mol. The molecule has 3 heterocycles. The van der Waals surface area contributed by atoms with E-state index < -0.39 is 0 Å². The maximum absolute atomic E-state index is 5.77. The molecule has 0 spiro atoms. The highest BCUT2D eigenvalue weighted by molar-refractivity contribution is 5.82. The fourth-order valence-electron chi connectivity index (χ4n) is 3.03. The van der Waals surface area contributed by atoms with Crippen molar-refractivity contribution >= 4 is 11.0 Å². The summed E-state index contributed by atoms with van der Waals surface area (Å²) in [6.07, 6.45) is 3.39. The maximum Gasteiger partial charge on any atom is 0.0919 e. The predicted octanol–water partition coefficient (Wildman–Crippen LogP) is 2.61. The van der Waals surface area contributed by atoms with E-state index in [2.05, 4.69) is 30.5 Å². The average Bonchev–Trinajstić information content (AvgIpc) is 2.92. The molecule has 0 aromatic carbocycles. The van der Waals surface area contributed by atoms with E-state index in [1.807, 2.05) is 0 Å². The van der Waals surface area contributed by atoms with E-state index in [4.69, 9.17) is 10.7 Å². The summed E-state index contributed by atoms with van der Waals surface area (Å²) in [4.78, 5) is 4.88. The summed E-state index contributed by atoms with van der Waals surface area (Å²) in [7, 11) is 0. The van der Waals surface area contributed by atoms with E-state index in [0.29, 0.717) is 12.5 Å². The fourth-order valence-corrected chi connectivity index (χ4v) is 3.03. The standard InChI is InChI=1S/C15H21N3/c1-10(2)12-5-6-14-15(17-12)11(7-8-16)13-4-3-9-18(13)14/h5-6,10H,3-4,7-9,16H2,1-2H3. The summed E-state index contributed by atoms with van der Waals surface area (Å²) in [6.45, 7) is 6.24. The van der Waals surface area contributed by atoms with E-state index in [1.165, 1.54) is 40.8 Å². The normalized spacial score (nSPS) is 14.7. The van der Waals surface area contributed by atoms with Crippen molar-refractivity contribution in [2.24, 2.45) is 5.73 Å². The van der Waals surface area contributed by atoms with E-state index in [-0.39, 0.29) is 0 Å². The molecule has 0 saturated heterocycles. The number of aromatic nitrogens is 2. The van der Waals surface area contributed by atoms with Crippen molar-refractivity contribution in [3.8, 4) is 0 Å². The van der Waals surface area contributed by atoms with Crippen LogP contribution in [0.25, 0.3) is 11.0 Å². The number of pyridine rings is 1. The summed E-state index contributed by atoms with van der Waals surface area (Å²) in [5.41, 5.74) is 12.3. The Bertz CT molecular complexity index is 581. The van der Waals surface area contributed by atoms with Crippen molar-refractivity contribution in [3.63, 3.8) is 0 Å². The number of nitrogens with zero attached hydrogens (tertiary/aromatic N) is 2. The molecular weight excluding hydrogens is 222 g/mol. The molecule has 0 aliphatic carbocycles. The second kappa shape index (κ2) is 4.39. The summed E-state index contributed by atoms with van der Waals surface area (Å²) in [6, 6.07) is 4.41. The van der Waals surface area contributed by atoms with Gasteiger partial charge in [0.2, 0.25) is 0 Å². The van der Waals surface area contributed by atoms with Crippen LogP contribution >= 0.6 is 0 Å². The van der Waals surface area contributed by atoms with Crippen LogP contribution in [0, 0.1) is 0 Å². The van der Waals surface area contributed by atoms with Gasteiger partial charge in [-0.2, -0.15) is 0 Å². The van der Waals surface area contributed by atoms with Gasteiger partial charge in [0.05, 0.1) is 11.0 Å². The highest BCUT2D eigenvalue weighted by Crippen LogP contribution is 2.31. The number of hydrogen-bond donors (Lipinski definition) is 1. The van der Waals surface area contributed by atoms with Gasteiger partial charge >= 0.3 is 0 Å². The van der Waals surface area contributed by atoms with Crippen LogP contribution in [0.15, 0.2) is 12.1 Å². The first-order valence-corrected chi connectivity index (χ1v) is 6.93. The highest BCUT2D eigenvalue weighted by Gasteiger charge is 2.21. The minimum Gasteiger partial charge on any atom is -0.343 e. The quantitative estimate of drug-likeness (QED) is 0.900. The van der Waals surface area contributed by atoms with E-state index in [9.17, 15) is 0 Å². The molecule has 0 fully saturated rings. The lowest BCUT2D eigenvalue weighted by Crippen LogP contribution is -2.05. The molecule has 3 nitrogen and oxygen atoms in total. The minimum atomic E-state index is 0.481. The molecule has 0 unspecified atom stereocenters. The van der Waals surface area contributed by atoms with Gasteiger partial charge in [0.25, 0.3) is 0 Å². The SMILES string of the molecule is CC(C)c1ccc2c(n1)c(CCN)c1n2CCC1. The fraction of sp³-hybridized carbons (Fsp3) is 0.533. The number of aryl methyl sites for hydroxylation is 1. The number of rotatable bonds is 3. The van der Waals surface area contributed by atoms with Crippen LogP contribution in [0.5, 0.6) is 0 Å². The van der Waals surface area contributed by atoms with E-state index in [1.54, 1.807) is 0 Å². The number of hydrogen-bond acceptors (Lipinski definition) is 2. The number of nitrogens with two attached hydrogens (primary N) is 1. The highest BCUT2D eigenvalue weighted by atomic mass is 15.0. The zero-order chi connectivity index (χ0) is 12.7. The van der Waals surface area contributed by atoms with Gasteiger partial charge in [-0.1, -0.05) is 13.8 Å². The van der Waals surface area contributed by atoms with Crippen LogP contribution in [0.1, 0.15) is 43.1 Å². The Hall–Kier alpha value is -1.35. The van der Waals surface area contributed by atoms with Gasteiger partial charge in [0.1, 0.15) is 0 Å². The smallest absolute Gasteiger partial charge is 0.0919 e. The van der Waals surface area contributed by atoms with Gasteiger partial charge in [-0.3, -0.25) is 4.98 Å². The minimum absolute atomic E-state index is 0.481. The molecule has 1 aliphatic rings. The monoisotopic (exact) mass is 243 g/mol. The Kier molecular flexibility index (Phi) is 2.86. The third kappa shape index (κ3) is 1.65. The molecule has 2 aromatic rings. The summed E-state index contributed by atoms with van der Waals surface area (Å²) in [5, 5.41) is 0. The molecule has 2 aromatic heterocycles. The van der Waals surface area contributed by atoms with Gasteiger partial charge < -0.3 is 10.3 Å². The summed E-state index contributed by atoms with van der Waals surface area (Å²) >= 11 is 0. The first-order chi connectivity index (χ1) is 8.72. The number of fused-ring (bicyclic) bond motifs is 3. The van der Waals surface area contributed by atoms with Crippen molar-refractivity contribution in [3.05, 3.63) is 29.1 Å². The lowest BCUT2D eigenvalue weighted by molar-refractivity contribution is 0.770. The molecule has 0 bridgehead atoms. The van der Waals surface area contributed by atoms with Crippen LogP contribution in [0.4, 0.5) is 0 Å². The Labute approximate surface area is 108 Å². The molecule has 1 aliphatic heterocycles. The van der Waals surface area contributed by atoms with Crippen molar-refractivity contribution in [1.29, 1.82) is 0 Å². The molecule has 0 saturated carbocycles. The van der Waals surface area contributed by atoms with Crippen molar-refractivity contribution < 1.29 is 0 Å². The zero-order valence-electron chi connectivity index (χ0n) is 11.2. The third-order valence-corrected chi connectivity index (χ3v) is 3.93. The summed E-state index contributed by atoms with van der Waals surface area (Å²) < 4.78 is 2.44. The van der Waals surface area contributed by atoms with Crippen molar-refractivity contribution in [2.45, 2.75) is 45.6 Å². The van der Waals surface area contributed by atoms with Crippen molar-refractivity contribution in [2.75, 3.05) is 6.54 Å². The lowest BCUT2D eigenvalue weighted by atomic mass is 10.1. The van der Waals surface area contributed by atoms with Gasteiger partial charge in [-0.05, 0) is 43.9 Å². The zero-order valence-corrected chi connectivity index (χ0v) is 11.2. The molecule has 18 heavy (non-hydrogen) atoms. The van der Waals surface area contributed by atoms with Crippen LogP contribution in [0.2, 0.25) is 0 Å². The Morgan fingerprint density at radius 3 is 2.94 bits per heavy atom. The molecule has 2 N–H and O–H groups in total. The van der Waals surface area contributed by atoms with Crippen LogP contribution in [-0.2, 0) is 19.4 Å². The molecule has 3 rings (SSSR count). The average molecular weight is 243 g/mol. The third-order valence-electron chi connectivity index (χ3n) is 3.93. The largest absolute Gasteiger partial charge is 0.343 e. The van der Waals surface area contributed by atoms with E-state index >= 15 is 0 Å². The molecular formula is C15H21N3. The Morgan fingerprint density at radius 1 is 1.39 bits per heavy atom. The Balaban J connectivity index is 2.24. The summed E-state index contributed by atoms with van der Waals surface area (Å²) in [5.74, 6) is 0.481. The topological polar surface area (TPSA) is 43.8 Å². The lowest BCUT2D eigenvalue weighted by Gasteiger charge is -2.06.